The topological polar surface area (TPSA) is 61.8 Å². The number of nitrogen functional groups attached to an aromatic ring is 1. The van der Waals surface area contributed by atoms with E-state index in [1.54, 1.807) is 0 Å². The van der Waals surface area contributed by atoms with Gasteiger partial charge in [0.1, 0.15) is 6.07 Å². The molecule has 0 saturated heterocycles. The van der Waals surface area contributed by atoms with Gasteiger partial charge in [0.2, 0.25) is 0 Å². The predicted molar refractivity (Wildman–Crippen MR) is 73.0 cm³/mol. The van der Waals surface area contributed by atoms with Crippen LogP contribution >= 0.6 is 0 Å². The van der Waals surface area contributed by atoms with E-state index in [1.807, 2.05) is 18.2 Å². The number of hydrogen-bond acceptors (Lipinski definition) is 3. The molecule has 1 aromatic rings. The highest BCUT2D eigenvalue weighted by Gasteiger charge is 2.40. The quantitative estimate of drug-likeness (QED) is 0.779. The molecule has 2 fully saturated rings. The van der Waals surface area contributed by atoms with E-state index < -0.39 is 0 Å². The van der Waals surface area contributed by atoms with Crippen LogP contribution in [0.1, 0.15) is 31.2 Å². The zero-order valence-corrected chi connectivity index (χ0v) is 10.5. The number of nitriles is 1. The molecule has 0 amide bonds. The fraction of sp³-hybridized carbons (Fsp3) is 0.533. The third-order valence-electron chi connectivity index (χ3n) is 4.17. The minimum Gasteiger partial charge on any atom is -0.398 e. The van der Waals surface area contributed by atoms with E-state index in [-0.39, 0.29) is 0 Å². The zero-order valence-electron chi connectivity index (χ0n) is 10.5. The molecule has 2 aliphatic carbocycles. The minimum absolute atomic E-state index is 0.559. The van der Waals surface area contributed by atoms with Crippen molar-refractivity contribution in [2.75, 3.05) is 17.6 Å². The monoisotopic (exact) mass is 241 g/mol. The maximum atomic E-state index is 8.96. The summed E-state index contributed by atoms with van der Waals surface area (Å²) in [6.07, 6.45) is 5.64. The molecular formula is C15H19N3. The Morgan fingerprint density at radius 2 is 1.94 bits per heavy atom. The van der Waals surface area contributed by atoms with Crippen molar-refractivity contribution in [2.45, 2.75) is 25.7 Å². The van der Waals surface area contributed by atoms with E-state index in [0.717, 1.165) is 30.0 Å². The molecular weight excluding hydrogens is 222 g/mol. The van der Waals surface area contributed by atoms with Gasteiger partial charge in [0.05, 0.1) is 5.56 Å². The van der Waals surface area contributed by atoms with Crippen molar-refractivity contribution >= 4 is 11.4 Å². The summed E-state index contributed by atoms with van der Waals surface area (Å²) in [6, 6.07) is 7.76. The van der Waals surface area contributed by atoms with E-state index >= 15 is 0 Å². The molecule has 0 unspecified atom stereocenters. The lowest BCUT2D eigenvalue weighted by Gasteiger charge is -2.17. The predicted octanol–water partition coefficient (Wildman–Crippen LogP) is 2.99. The van der Waals surface area contributed by atoms with Crippen molar-refractivity contribution in [3.63, 3.8) is 0 Å². The Kier molecular flexibility index (Phi) is 2.87. The van der Waals surface area contributed by atoms with E-state index in [4.69, 9.17) is 11.0 Å². The van der Waals surface area contributed by atoms with Crippen LogP contribution in [0.2, 0.25) is 0 Å². The Bertz CT molecular complexity index is 469. The van der Waals surface area contributed by atoms with Gasteiger partial charge in [-0.25, -0.2) is 0 Å². The van der Waals surface area contributed by atoms with E-state index in [1.165, 1.54) is 25.7 Å². The van der Waals surface area contributed by atoms with E-state index in [9.17, 15) is 0 Å². The van der Waals surface area contributed by atoms with Gasteiger partial charge < -0.3 is 11.1 Å². The normalized spacial score (nSPS) is 18.7. The van der Waals surface area contributed by atoms with Gasteiger partial charge in [-0.1, -0.05) is 0 Å². The second-order valence-corrected chi connectivity index (χ2v) is 5.63. The number of rotatable bonds is 5. The second kappa shape index (κ2) is 4.53. The first-order chi connectivity index (χ1) is 8.78. The number of nitrogens with one attached hydrogen (secondary N) is 1. The Hall–Kier alpha value is -1.69. The van der Waals surface area contributed by atoms with Crippen molar-refractivity contribution in [3.05, 3.63) is 23.8 Å². The maximum Gasteiger partial charge on any atom is 0.101 e. The largest absolute Gasteiger partial charge is 0.398 e. The van der Waals surface area contributed by atoms with Gasteiger partial charge in [-0.05, 0) is 61.6 Å². The lowest BCUT2D eigenvalue weighted by atomic mass is 9.98. The number of anilines is 2. The summed E-state index contributed by atoms with van der Waals surface area (Å²) in [5, 5.41) is 12.4. The fourth-order valence-electron chi connectivity index (χ4n) is 2.77. The average molecular weight is 241 g/mol. The van der Waals surface area contributed by atoms with E-state index in [0.29, 0.717) is 11.3 Å². The van der Waals surface area contributed by atoms with Crippen LogP contribution in [0, 0.1) is 29.1 Å². The van der Waals surface area contributed by atoms with E-state index in [2.05, 4.69) is 11.4 Å². The molecule has 3 nitrogen and oxygen atoms in total. The van der Waals surface area contributed by atoms with Crippen LogP contribution in [0.5, 0.6) is 0 Å². The van der Waals surface area contributed by atoms with Crippen molar-refractivity contribution in [1.29, 1.82) is 5.26 Å². The summed E-state index contributed by atoms with van der Waals surface area (Å²) in [6.45, 7) is 1.05. The highest BCUT2D eigenvalue weighted by atomic mass is 14.9. The van der Waals surface area contributed by atoms with Gasteiger partial charge in [0.25, 0.3) is 0 Å². The average Bonchev–Trinajstić information content (AvgIpc) is 3.25. The molecule has 2 saturated carbocycles. The second-order valence-electron chi connectivity index (χ2n) is 5.63. The Labute approximate surface area is 108 Å². The molecule has 0 radical (unpaired) electrons. The third-order valence-corrected chi connectivity index (χ3v) is 4.17. The standard InChI is InChI=1S/C15H19N3/c16-8-12-7-13(5-6-15(12)17)18-9-14(10-1-2-10)11-3-4-11/h5-7,10-11,14,18H,1-4,9,17H2. The van der Waals surface area contributed by atoms with Crippen LogP contribution in [-0.4, -0.2) is 6.54 Å². The Morgan fingerprint density at radius 3 is 2.50 bits per heavy atom. The highest BCUT2D eigenvalue weighted by molar-refractivity contribution is 5.61. The molecule has 0 aromatic heterocycles. The fourth-order valence-corrected chi connectivity index (χ4v) is 2.77. The summed E-state index contributed by atoms with van der Waals surface area (Å²) in [5.41, 5.74) is 7.87. The van der Waals surface area contributed by atoms with Crippen LogP contribution in [0.3, 0.4) is 0 Å². The van der Waals surface area contributed by atoms with Gasteiger partial charge in [0, 0.05) is 17.9 Å². The molecule has 2 aliphatic rings. The Morgan fingerprint density at radius 1 is 1.28 bits per heavy atom. The first kappa shape index (κ1) is 11.4. The summed E-state index contributed by atoms with van der Waals surface area (Å²) in [4.78, 5) is 0. The minimum atomic E-state index is 0.559. The molecule has 3 rings (SSSR count). The summed E-state index contributed by atoms with van der Waals surface area (Å²) in [7, 11) is 0. The molecule has 94 valence electrons. The molecule has 3 N–H and O–H groups in total. The van der Waals surface area contributed by atoms with Crippen LogP contribution in [-0.2, 0) is 0 Å². The first-order valence-electron chi connectivity index (χ1n) is 6.81. The number of nitrogens with two attached hydrogens (primary N) is 1. The van der Waals surface area contributed by atoms with Gasteiger partial charge in [-0.15, -0.1) is 0 Å². The summed E-state index contributed by atoms with van der Waals surface area (Å²) >= 11 is 0. The summed E-state index contributed by atoms with van der Waals surface area (Å²) < 4.78 is 0. The number of benzene rings is 1. The molecule has 18 heavy (non-hydrogen) atoms. The highest BCUT2D eigenvalue weighted by Crippen LogP contribution is 2.49. The van der Waals surface area contributed by atoms with Crippen LogP contribution < -0.4 is 11.1 Å². The van der Waals surface area contributed by atoms with Gasteiger partial charge in [-0.2, -0.15) is 5.26 Å². The molecule has 3 heteroatoms. The van der Waals surface area contributed by atoms with Gasteiger partial charge in [0.15, 0.2) is 0 Å². The molecule has 0 heterocycles. The van der Waals surface area contributed by atoms with Crippen molar-refractivity contribution in [2.24, 2.45) is 17.8 Å². The van der Waals surface area contributed by atoms with Crippen LogP contribution in [0.4, 0.5) is 11.4 Å². The lowest BCUT2D eigenvalue weighted by molar-refractivity contribution is 0.428. The van der Waals surface area contributed by atoms with Crippen molar-refractivity contribution in [1.82, 2.24) is 0 Å². The third kappa shape index (κ3) is 2.43. The molecule has 0 bridgehead atoms. The number of nitrogens with zero attached hydrogens (tertiary/aromatic N) is 1. The van der Waals surface area contributed by atoms with Gasteiger partial charge in [-0.3, -0.25) is 0 Å². The molecule has 0 aliphatic heterocycles. The smallest absolute Gasteiger partial charge is 0.101 e. The zero-order chi connectivity index (χ0) is 12.5. The SMILES string of the molecule is N#Cc1cc(NCC(C2CC2)C2CC2)ccc1N. The first-order valence-corrected chi connectivity index (χ1v) is 6.81. The summed E-state index contributed by atoms with van der Waals surface area (Å²) in [5.74, 6) is 2.75. The molecule has 1 aromatic carbocycles. The number of hydrogen-bond donors (Lipinski definition) is 2. The van der Waals surface area contributed by atoms with Gasteiger partial charge >= 0.3 is 0 Å². The van der Waals surface area contributed by atoms with Crippen LogP contribution in [0.25, 0.3) is 0 Å². The van der Waals surface area contributed by atoms with Crippen LogP contribution in [0.15, 0.2) is 18.2 Å². The molecule has 0 atom stereocenters. The molecule has 0 spiro atoms. The van der Waals surface area contributed by atoms with Crippen molar-refractivity contribution in [3.8, 4) is 6.07 Å². The maximum absolute atomic E-state index is 8.96. The lowest BCUT2D eigenvalue weighted by Crippen LogP contribution is -2.18. The van der Waals surface area contributed by atoms with Crippen molar-refractivity contribution < 1.29 is 0 Å². The Balaban J connectivity index is 1.63.